The van der Waals surface area contributed by atoms with Gasteiger partial charge in [-0.05, 0) is 48.6 Å². The molecule has 2 saturated heterocycles. The number of nitrogens with two attached hydrogens (primary N) is 1. The van der Waals surface area contributed by atoms with Crippen LogP contribution in [0.1, 0.15) is 40.8 Å². The highest BCUT2D eigenvalue weighted by Gasteiger charge is 2.44. The molecule has 2 aromatic carbocycles. The Balaban J connectivity index is 1.67. The Bertz CT molecular complexity index is 1590. The van der Waals surface area contributed by atoms with E-state index in [1.807, 2.05) is 0 Å². The van der Waals surface area contributed by atoms with Gasteiger partial charge >= 0.3 is 6.09 Å². The first-order chi connectivity index (χ1) is 22.3. The lowest BCUT2D eigenvalue weighted by Gasteiger charge is -2.31. The average molecular weight is 559 g/mol. The number of hydrogen-bond acceptors (Lipinski definition) is 8. The predicted molar refractivity (Wildman–Crippen MR) is 142 cm³/mol. The molecular formula is C27H37N3O7S. The van der Waals surface area contributed by atoms with Crippen LogP contribution in [0.2, 0.25) is 0 Å². The average Bonchev–Trinajstić information content (AvgIpc) is 3.36. The van der Waals surface area contributed by atoms with Crippen molar-refractivity contribution in [1.29, 1.82) is 0 Å². The van der Waals surface area contributed by atoms with E-state index >= 15 is 0 Å². The number of carbonyl (C=O) groups is 1. The number of sulfonamides is 1. The van der Waals surface area contributed by atoms with Crippen molar-refractivity contribution in [3.8, 4) is 0 Å². The second-order valence-electron chi connectivity index (χ2n) is 8.82. The number of benzene rings is 2. The number of nitrogens with one attached hydrogen (secondary N) is 1. The molecule has 11 heteroatoms. The van der Waals surface area contributed by atoms with Crippen LogP contribution in [0.5, 0.6) is 0 Å². The number of nitrogen functional groups attached to an aromatic ring is 1. The molecule has 4 N–H and O–H groups in total. The van der Waals surface area contributed by atoms with E-state index in [1.54, 1.807) is 30.3 Å². The number of ether oxygens (including phenoxy) is 3. The minimum absolute atomic E-state index is 0.179. The maximum absolute atomic E-state index is 13.9. The van der Waals surface area contributed by atoms with Crippen LogP contribution in [0.3, 0.4) is 0 Å². The Morgan fingerprint density at radius 2 is 2.00 bits per heavy atom. The molecule has 5 atom stereocenters. The number of fused-ring (bicyclic) bond motifs is 1. The second-order valence-corrected chi connectivity index (χ2v) is 10.8. The zero-order valence-electron chi connectivity index (χ0n) is 31.3. The fourth-order valence-electron chi connectivity index (χ4n) is 4.07. The number of aliphatic hydroxyl groups is 1. The van der Waals surface area contributed by atoms with E-state index in [0.29, 0.717) is 9.87 Å². The first-order valence-corrected chi connectivity index (χ1v) is 13.2. The van der Waals surface area contributed by atoms with Gasteiger partial charge in [-0.3, -0.25) is 0 Å². The molecule has 2 fully saturated rings. The van der Waals surface area contributed by atoms with Gasteiger partial charge in [-0.2, -0.15) is 4.31 Å². The first kappa shape index (κ1) is 17.1. The molecule has 0 aromatic heterocycles. The molecule has 0 spiro atoms. The van der Waals surface area contributed by atoms with Gasteiger partial charge in [-0.25, -0.2) is 13.2 Å². The Hall–Kier alpha value is -2.70. The molecule has 10 nitrogen and oxygen atoms in total. The number of anilines is 1. The zero-order chi connectivity index (χ0) is 36.8. The fourth-order valence-corrected chi connectivity index (χ4v) is 5.50. The topological polar surface area (TPSA) is 140 Å². The van der Waals surface area contributed by atoms with Crippen molar-refractivity contribution in [2.24, 2.45) is 11.8 Å². The van der Waals surface area contributed by atoms with Crippen molar-refractivity contribution in [3.05, 3.63) is 60.2 Å². The van der Waals surface area contributed by atoms with Gasteiger partial charge in [0.2, 0.25) is 10.0 Å². The summed E-state index contributed by atoms with van der Waals surface area (Å²) in [4.78, 5) is 12.8. The van der Waals surface area contributed by atoms with Gasteiger partial charge in [-0.15, -0.1) is 0 Å². The SMILES string of the molecule is [2H]C1([2H])C[C@@H]2[C@@]([2H])(OC[C@]2([2H])OC(=O)N[C@@H](Cc2ccccc2)[C@H](O)CN(CC([2H])(C([2H])([2H])[2H])C([2H])([2H])[2H])S(=O)(=O)c2ccc(N)cc2)O1. The maximum Gasteiger partial charge on any atom is 0.407 e. The Morgan fingerprint density at radius 3 is 2.71 bits per heavy atom. The number of alkyl carbamates (subject to hydrolysis) is 1. The van der Waals surface area contributed by atoms with E-state index in [9.17, 15) is 18.3 Å². The van der Waals surface area contributed by atoms with Crippen molar-refractivity contribution < 1.29 is 47.6 Å². The van der Waals surface area contributed by atoms with Crippen molar-refractivity contribution in [2.45, 2.75) is 55.9 Å². The Labute approximate surface area is 239 Å². The van der Waals surface area contributed by atoms with Crippen LogP contribution < -0.4 is 11.1 Å². The van der Waals surface area contributed by atoms with Crippen LogP contribution in [0.15, 0.2) is 59.5 Å². The van der Waals surface area contributed by atoms with Gasteiger partial charge in [0.15, 0.2) is 6.27 Å². The molecule has 4 rings (SSSR count). The molecule has 0 aliphatic carbocycles. The minimum Gasteiger partial charge on any atom is -0.443 e. The third kappa shape index (κ3) is 7.03. The Kier molecular flexibility index (Phi) is 5.59. The van der Waals surface area contributed by atoms with Gasteiger partial charge in [0, 0.05) is 28.4 Å². The monoisotopic (exact) mass is 558 g/mol. The highest BCUT2D eigenvalue weighted by molar-refractivity contribution is 7.89. The lowest BCUT2D eigenvalue weighted by molar-refractivity contribution is -0.0907. The molecule has 2 aromatic rings. The summed E-state index contributed by atoms with van der Waals surface area (Å²) in [5.74, 6) is -4.73. The molecule has 38 heavy (non-hydrogen) atoms. The molecule has 2 aliphatic heterocycles. The predicted octanol–water partition coefficient (Wildman–Crippen LogP) is 2.38. The maximum atomic E-state index is 13.9. The molecule has 0 radical (unpaired) electrons. The quantitative estimate of drug-likeness (QED) is 0.357. The van der Waals surface area contributed by atoms with E-state index in [4.69, 9.17) is 35.0 Å². The summed E-state index contributed by atoms with van der Waals surface area (Å²) in [6, 6.07) is 11.4. The van der Waals surface area contributed by atoms with Crippen LogP contribution in [-0.4, -0.2) is 74.7 Å². The number of rotatable bonds is 11. The van der Waals surface area contributed by atoms with Crippen LogP contribution in [0.4, 0.5) is 10.5 Å². The van der Waals surface area contributed by atoms with Crippen LogP contribution in [0, 0.1) is 11.8 Å². The molecule has 1 amide bonds. The number of hydrogen-bond donors (Lipinski definition) is 3. The third-order valence-corrected chi connectivity index (χ3v) is 7.85. The normalized spacial score (nSPS) is 33.2. The van der Waals surface area contributed by atoms with Gasteiger partial charge in [-0.1, -0.05) is 44.0 Å². The largest absolute Gasteiger partial charge is 0.443 e. The molecule has 2 heterocycles. The number of nitrogens with zero attached hydrogens (tertiary/aromatic N) is 1. The molecule has 208 valence electrons. The van der Waals surface area contributed by atoms with Crippen LogP contribution in [-0.2, 0) is 30.7 Å². The van der Waals surface area contributed by atoms with Crippen molar-refractivity contribution in [3.63, 3.8) is 0 Å². The standard InChI is InChI=1S/C27H37N3O7S/c1-18(2)15-30(38(33,34)21-10-8-20(28)9-11-21)16-24(31)23(14-19-6-4-3-5-7-19)29-27(32)37-25-17-36-26-22(25)12-13-35-26/h3-11,18,22-26,31H,12-17,28H2,1-2H3,(H,29,32)/t22-,23-,24+,25-,26+/m0/s1/i1D3,2D3,13D2,18D,25D,26D. The number of amides is 1. The summed E-state index contributed by atoms with van der Waals surface area (Å²) >= 11 is 0. The van der Waals surface area contributed by atoms with Crippen LogP contribution >= 0.6 is 0 Å². The van der Waals surface area contributed by atoms with Crippen molar-refractivity contribution in [2.75, 3.05) is 32.0 Å². The number of carbonyl (C=O) groups excluding carboxylic acids is 1. The van der Waals surface area contributed by atoms with Crippen molar-refractivity contribution >= 4 is 21.8 Å². The third-order valence-electron chi connectivity index (χ3n) is 6.02. The fraction of sp³-hybridized carbons (Fsp3) is 0.519. The first-order valence-electron chi connectivity index (χ1n) is 17.2. The molecular weight excluding hydrogens is 510 g/mol. The summed E-state index contributed by atoms with van der Waals surface area (Å²) in [5, 5.41) is 13.9. The highest BCUT2D eigenvalue weighted by Crippen LogP contribution is 2.33. The van der Waals surface area contributed by atoms with Crippen LogP contribution in [0.25, 0.3) is 0 Å². The molecule has 0 bridgehead atoms. The lowest BCUT2D eigenvalue weighted by atomic mass is 10.0. The van der Waals surface area contributed by atoms with Gasteiger partial charge in [0.1, 0.15) is 6.08 Å². The van der Waals surface area contributed by atoms with E-state index in [0.717, 1.165) is 12.1 Å². The summed E-state index contributed by atoms with van der Waals surface area (Å²) < 4.78 is 132. The Morgan fingerprint density at radius 1 is 1.26 bits per heavy atom. The molecule has 0 saturated carbocycles. The van der Waals surface area contributed by atoms with Gasteiger partial charge < -0.3 is 30.4 Å². The molecule has 2 aliphatic rings. The smallest absolute Gasteiger partial charge is 0.407 e. The van der Waals surface area contributed by atoms with E-state index in [2.05, 4.69) is 5.32 Å². The zero-order valence-corrected chi connectivity index (χ0v) is 21.1. The molecule has 0 unspecified atom stereocenters. The summed E-state index contributed by atoms with van der Waals surface area (Å²) in [5.41, 5.74) is 6.38. The van der Waals surface area contributed by atoms with Gasteiger partial charge in [0.25, 0.3) is 0 Å². The summed E-state index contributed by atoms with van der Waals surface area (Å²) in [6.45, 7) is -12.5. The minimum atomic E-state index is -4.82. The van der Waals surface area contributed by atoms with E-state index < -0.39 is 104 Å². The van der Waals surface area contributed by atoms with E-state index in [1.165, 1.54) is 12.1 Å². The summed E-state index contributed by atoms with van der Waals surface area (Å²) in [7, 11) is -4.82. The summed E-state index contributed by atoms with van der Waals surface area (Å²) in [6.07, 6.45) is -8.54. The van der Waals surface area contributed by atoms with Crippen molar-refractivity contribution in [1.82, 2.24) is 9.62 Å². The number of aliphatic hydroxyl groups excluding tert-OH is 1. The highest BCUT2D eigenvalue weighted by atomic mass is 32.2. The van der Waals surface area contributed by atoms with E-state index in [-0.39, 0.29) is 12.1 Å². The van der Waals surface area contributed by atoms with Gasteiger partial charge in [0.05, 0.1) is 41.6 Å². The second kappa shape index (κ2) is 12.4. The lowest BCUT2D eigenvalue weighted by Crippen LogP contribution is -2.51.